The number of ether oxygens (including phenoxy) is 1. The highest BCUT2D eigenvalue weighted by molar-refractivity contribution is 9.10. The van der Waals surface area contributed by atoms with Crippen LogP contribution < -0.4 is 9.64 Å². The summed E-state index contributed by atoms with van der Waals surface area (Å²) >= 11 is 3.42. The van der Waals surface area contributed by atoms with Gasteiger partial charge >= 0.3 is 0 Å². The summed E-state index contributed by atoms with van der Waals surface area (Å²) in [5, 5.41) is 0. The Bertz CT molecular complexity index is 848. The molecule has 4 rings (SSSR count). The van der Waals surface area contributed by atoms with Crippen LogP contribution >= 0.6 is 15.9 Å². The first-order valence-electron chi connectivity index (χ1n) is 8.87. The quantitative estimate of drug-likeness (QED) is 0.743. The fourth-order valence-corrected chi connectivity index (χ4v) is 3.95. The highest BCUT2D eigenvalue weighted by Crippen LogP contribution is 2.29. The standard InChI is InChI=1S/C19H19BrN4O3/c20-14-2-1-3-15(9-14)24-11-13(8-18(24)25)19(26)23-7-4-16(12-23)27-17-10-21-5-6-22-17/h1-3,5-6,9-10,13,16H,4,7-8,11-12H2. The molecular weight excluding hydrogens is 412 g/mol. The Morgan fingerprint density at radius 3 is 2.93 bits per heavy atom. The lowest BCUT2D eigenvalue weighted by Crippen LogP contribution is -2.37. The Balaban J connectivity index is 1.37. The van der Waals surface area contributed by atoms with Crippen LogP contribution in [-0.4, -0.2) is 52.4 Å². The Morgan fingerprint density at radius 1 is 1.26 bits per heavy atom. The Morgan fingerprint density at radius 2 is 2.15 bits per heavy atom. The van der Waals surface area contributed by atoms with E-state index in [1.165, 1.54) is 0 Å². The van der Waals surface area contributed by atoms with E-state index in [9.17, 15) is 9.59 Å². The predicted molar refractivity (Wildman–Crippen MR) is 102 cm³/mol. The molecule has 2 amide bonds. The first-order chi connectivity index (χ1) is 13.1. The normalized spacial score (nSPS) is 22.3. The predicted octanol–water partition coefficient (Wildman–Crippen LogP) is 2.27. The molecule has 2 atom stereocenters. The summed E-state index contributed by atoms with van der Waals surface area (Å²) in [6.45, 7) is 1.56. The van der Waals surface area contributed by atoms with Crippen LogP contribution in [0.25, 0.3) is 0 Å². The van der Waals surface area contributed by atoms with Gasteiger partial charge in [-0.3, -0.25) is 14.6 Å². The van der Waals surface area contributed by atoms with E-state index in [1.807, 2.05) is 24.3 Å². The van der Waals surface area contributed by atoms with Gasteiger partial charge in [0.1, 0.15) is 6.10 Å². The molecule has 0 N–H and O–H groups in total. The molecule has 0 radical (unpaired) electrons. The number of nitrogens with zero attached hydrogens (tertiary/aromatic N) is 4. The van der Waals surface area contributed by atoms with Gasteiger partial charge in [0.05, 0.1) is 18.7 Å². The van der Waals surface area contributed by atoms with E-state index in [4.69, 9.17) is 4.74 Å². The van der Waals surface area contributed by atoms with Crippen molar-refractivity contribution in [2.75, 3.05) is 24.5 Å². The van der Waals surface area contributed by atoms with Crippen LogP contribution in [0.1, 0.15) is 12.8 Å². The lowest BCUT2D eigenvalue weighted by Gasteiger charge is -2.21. The molecule has 0 bridgehead atoms. The summed E-state index contributed by atoms with van der Waals surface area (Å²) < 4.78 is 6.70. The maximum Gasteiger partial charge on any atom is 0.232 e. The van der Waals surface area contributed by atoms with Crippen molar-refractivity contribution in [2.24, 2.45) is 5.92 Å². The van der Waals surface area contributed by atoms with Gasteiger partial charge in [-0.1, -0.05) is 22.0 Å². The first kappa shape index (κ1) is 17.9. The molecular formula is C19H19BrN4O3. The van der Waals surface area contributed by atoms with Crippen LogP contribution in [0.4, 0.5) is 5.69 Å². The molecule has 8 heteroatoms. The number of halogens is 1. The molecule has 3 heterocycles. The molecule has 27 heavy (non-hydrogen) atoms. The van der Waals surface area contributed by atoms with E-state index >= 15 is 0 Å². The number of amides is 2. The van der Waals surface area contributed by atoms with Crippen molar-refractivity contribution in [3.05, 3.63) is 47.3 Å². The second kappa shape index (κ2) is 7.64. The highest BCUT2D eigenvalue weighted by atomic mass is 79.9. The van der Waals surface area contributed by atoms with Gasteiger partial charge in [-0.15, -0.1) is 0 Å². The maximum absolute atomic E-state index is 12.9. The molecule has 0 spiro atoms. The minimum absolute atomic E-state index is 0.0157. The van der Waals surface area contributed by atoms with Gasteiger partial charge < -0.3 is 14.5 Å². The van der Waals surface area contributed by atoms with E-state index in [1.54, 1.807) is 28.4 Å². The number of likely N-dealkylation sites (tertiary alicyclic amines) is 1. The largest absolute Gasteiger partial charge is 0.471 e. The van der Waals surface area contributed by atoms with E-state index in [-0.39, 0.29) is 30.3 Å². The van der Waals surface area contributed by atoms with Crippen molar-refractivity contribution in [1.82, 2.24) is 14.9 Å². The number of carbonyl (C=O) groups excluding carboxylic acids is 2. The van der Waals surface area contributed by atoms with Gasteiger partial charge in [-0.25, -0.2) is 4.98 Å². The van der Waals surface area contributed by atoms with E-state index in [0.717, 1.165) is 16.6 Å². The molecule has 2 saturated heterocycles. The number of anilines is 1. The summed E-state index contributed by atoms with van der Waals surface area (Å²) in [4.78, 5) is 36.9. The number of hydrogen-bond donors (Lipinski definition) is 0. The van der Waals surface area contributed by atoms with Crippen LogP contribution in [0.5, 0.6) is 5.88 Å². The topological polar surface area (TPSA) is 75.6 Å². The second-order valence-electron chi connectivity index (χ2n) is 6.74. The van der Waals surface area contributed by atoms with E-state index < -0.39 is 0 Å². The number of hydrogen-bond acceptors (Lipinski definition) is 5. The van der Waals surface area contributed by atoms with Gasteiger partial charge in [0, 0.05) is 48.5 Å². The van der Waals surface area contributed by atoms with Crippen molar-refractivity contribution in [2.45, 2.75) is 18.9 Å². The second-order valence-corrected chi connectivity index (χ2v) is 7.66. The van der Waals surface area contributed by atoms with Gasteiger partial charge in [0.2, 0.25) is 17.7 Å². The van der Waals surface area contributed by atoms with Gasteiger partial charge in [0.25, 0.3) is 0 Å². The smallest absolute Gasteiger partial charge is 0.232 e. The molecule has 1 aromatic heterocycles. The molecule has 2 aromatic rings. The lowest BCUT2D eigenvalue weighted by molar-refractivity contribution is -0.135. The molecule has 2 fully saturated rings. The Hall–Kier alpha value is -2.48. The molecule has 2 aliphatic heterocycles. The van der Waals surface area contributed by atoms with E-state index in [2.05, 4.69) is 25.9 Å². The minimum atomic E-state index is -0.313. The van der Waals surface area contributed by atoms with Crippen molar-refractivity contribution >= 4 is 33.4 Å². The van der Waals surface area contributed by atoms with Gasteiger partial charge in [-0.2, -0.15) is 0 Å². The van der Waals surface area contributed by atoms with Crippen molar-refractivity contribution in [1.29, 1.82) is 0 Å². The number of aromatic nitrogens is 2. The third-order valence-corrected chi connectivity index (χ3v) is 5.37. The van der Waals surface area contributed by atoms with Crippen molar-refractivity contribution in [3.63, 3.8) is 0 Å². The number of carbonyl (C=O) groups is 2. The van der Waals surface area contributed by atoms with Gasteiger partial charge in [0.15, 0.2) is 0 Å². The summed E-state index contributed by atoms with van der Waals surface area (Å²) in [5.74, 6) is 0.157. The highest BCUT2D eigenvalue weighted by Gasteiger charge is 2.39. The van der Waals surface area contributed by atoms with Crippen molar-refractivity contribution in [3.8, 4) is 5.88 Å². The fourth-order valence-electron chi connectivity index (χ4n) is 3.57. The van der Waals surface area contributed by atoms with Gasteiger partial charge in [-0.05, 0) is 18.2 Å². The molecule has 2 aliphatic rings. The zero-order valence-electron chi connectivity index (χ0n) is 14.6. The molecule has 0 aliphatic carbocycles. The lowest BCUT2D eigenvalue weighted by atomic mass is 10.1. The first-order valence-corrected chi connectivity index (χ1v) is 9.67. The summed E-state index contributed by atoms with van der Waals surface area (Å²) in [7, 11) is 0. The molecule has 1 aromatic carbocycles. The van der Waals surface area contributed by atoms with E-state index in [0.29, 0.717) is 25.5 Å². The average molecular weight is 431 g/mol. The molecule has 2 unspecified atom stereocenters. The van der Waals surface area contributed by atoms with Crippen LogP contribution in [0.3, 0.4) is 0 Å². The maximum atomic E-state index is 12.9. The third-order valence-electron chi connectivity index (χ3n) is 4.88. The minimum Gasteiger partial charge on any atom is -0.471 e. The summed E-state index contributed by atoms with van der Waals surface area (Å²) in [6.07, 6.45) is 5.63. The zero-order chi connectivity index (χ0) is 18.8. The number of benzene rings is 1. The number of rotatable bonds is 4. The van der Waals surface area contributed by atoms with Crippen LogP contribution in [0.15, 0.2) is 47.3 Å². The fraction of sp³-hybridized carbons (Fsp3) is 0.368. The Labute approximate surface area is 165 Å². The molecule has 7 nitrogen and oxygen atoms in total. The average Bonchev–Trinajstić information content (AvgIpc) is 3.29. The zero-order valence-corrected chi connectivity index (χ0v) is 16.2. The Kier molecular flexibility index (Phi) is 5.07. The molecule has 0 saturated carbocycles. The SMILES string of the molecule is O=C(C1CC(=O)N(c2cccc(Br)c2)C1)N1CCC(Oc2cnccn2)C1. The summed E-state index contributed by atoms with van der Waals surface area (Å²) in [6, 6.07) is 7.58. The van der Waals surface area contributed by atoms with Crippen LogP contribution in [0.2, 0.25) is 0 Å². The van der Waals surface area contributed by atoms with Crippen molar-refractivity contribution < 1.29 is 14.3 Å². The molecule has 140 valence electrons. The van der Waals surface area contributed by atoms with Crippen LogP contribution in [0, 0.1) is 5.92 Å². The summed E-state index contributed by atoms with van der Waals surface area (Å²) in [5.41, 5.74) is 0.815. The van der Waals surface area contributed by atoms with Crippen LogP contribution in [-0.2, 0) is 9.59 Å². The third kappa shape index (κ3) is 3.95. The monoisotopic (exact) mass is 430 g/mol.